The van der Waals surface area contributed by atoms with Gasteiger partial charge < -0.3 is 22.7 Å². The van der Waals surface area contributed by atoms with Gasteiger partial charge in [0.2, 0.25) is 0 Å². The van der Waals surface area contributed by atoms with Crippen LogP contribution in [0.2, 0.25) is 0 Å². The van der Waals surface area contributed by atoms with Crippen molar-refractivity contribution < 1.29 is 15.0 Å². The maximum absolute atomic E-state index is 10.6. The number of carbonyl (C=O) groups is 1. The van der Waals surface area contributed by atoms with Crippen molar-refractivity contribution in [3.8, 4) is 0 Å². The van der Waals surface area contributed by atoms with Crippen molar-refractivity contribution in [3.05, 3.63) is 39.9 Å². The highest BCUT2D eigenvalue weighted by Crippen LogP contribution is 2.11. The smallest absolute Gasteiger partial charge is 0.269 e. The van der Waals surface area contributed by atoms with Crippen LogP contribution in [0.3, 0.4) is 0 Å². The minimum absolute atomic E-state index is 0.0463. The minimum Gasteiger partial charge on any atom is -0.737 e. The van der Waals surface area contributed by atoms with Crippen LogP contribution in [-0.2, 0) is 12.6 Å². The normalized spacial score (nSPS) is 14.2. The minimum atomic E-state index is -0.530. The van der Waals surface area contributed by atoms with Gasteiger partial charge >= 0.3 is 0 Å². The first-order chi connectivity index (χ1) is 8.61. The summed E-state index contributed by atoms with van der Waals surface area (Å²) in [6.45, 7) is 2.75. The third-order valence-electron chi connectivity index (χ3n) is 2.63. The van der Waals surface area contributed by atoms with Crippen molar-refractivity contribution in [2.24, 2.45) is 0 Å². The molecule has 0 aromatic heterocycles. The maximum atomic E-state index is 10.6. The lowest BCUT2D eigenvalue weighted by Crippen LogP contribution is -2.85. The van der Waals surface area contributed by atoms with Crippen molar-refractivity contribution in [2.75, 3.05) is 13.1 Å². The molecule has 0 spiro atoms. The van der Waals surface area contributed by atoms with Crippen LogP contribution in [0, 0.1) is 10.1 Å². The second-order valence-corrected chi connectivity index (χ2v) is 4.39. The van der Waals surface area contributed by atoms with E-state index in [-0.39, 0.29) is 5.69 Å². The molecule has 1 aromatic rings. The number of nitro groups is 1. The van der Waals surface area contributed by atoms with Gasteiger partial charge in [0.05, 0.1) is 18.0 Å². The van der Waals surface area contributed by atoms with E-state index in [4.69, 9.17) is 0 Å². The Bertz CT molecular complexity index is 358. The molecule has 98 valence electrons. The first-order valence-corrected chi connectivity index (χ1v) is 6.29. The molecule has 1 saturated heterocycles. The molecule has 1 aliphatic heterocycles. The molecule has 0 unspecified atom stereocenters. The van der Waals surface area contributed by atoms with E-state index in [1.54, 1.807) is 0 Å². The number of piperidine rings is 1. The van der Waals surface area contributed by atoms with Crippen LogP contribution in [-0.4, -0.2) is 23.1 Å². The number of quaternary nitrogens is 1. The van der Waals surface area contributed by atoms with Crippen molar-refractivity contribution in [1.82, 2.24) is 0 Å². The highest BCUT2D eigenvalue weighted by molar-refractivity contribution is 7.77. The largest absolute Gasteiger partial charge is 0.737 e. The molecule has 5 nitrogen and oxygen atoms in total. The third-order valence-corrected chi connectivity index (χ3v) is 2.87. The van der Waals surface area contributed by atoms with Crippen molar-refractivity contribution in [1.29, 1.82) is 0 Å². The number of rotatable bonds is 2. The molecule has 1 heterocycles. The number of nitro benzene ring substituents is 1. The van der Waals surface area contributed by atoms with Crippen LogP contribution in [0.1, 0.15) is 29.6 Å². The average molecular weight is 268 g/mol. The number of hydrogen-bond acceptors (Lipinski definition) is 4. The van der Waals surface area contributed by atoms with Crippen LogP contribution >= 0.6 is 0 Å². The first kappa shape index (κ1) is 14.5. The van der Waals surface area contributed by atoms with E-state index in [1.165, 1.54) is 56.6 Å². The summed E-state index contributed by atoms with van der Waals surface area (Å²) in [6, 6.07) is 5.18. The quantitative estimate of drug-likeness (QED) is 0.493. The average Bonchev–Trinajstić information content (AvgIpc) is 2.41. The molecule has 0 bridgehead atoms. The Kier molecular flexibility index (Phi) is 6.24. The number of carbonyl (C=O) groups excluding carboxylic acids is 1. The lowest BCUT2D eigenvalue weighted by atomic mass is 10.2. The summed E-state index contributed by atoms with van der Waals surface area (Å²) in [7, 11) is 0. The van der Waals surface area contributed by atoms with Crippen LogP contribution in [0.15, 0.2) is 24.3 Å². The summed E-state index contributed by atoms with van der Waals surface area (Å²) in [5, 5.41) is 12.1. The second kappa shape index (κ2) is 7.73. The number of hydrogen-bond donors (Lipinski definition) is 1. The molecule has 0 aliphatic carbocycles. The predicted molar refractivity (Wildman–Crippen MR) is 70.3 cm³/mol. The van der Waals surface area contributed by atoms with E-state index in [0.29, 0.717) is 5.56 Å². The lowest BCUT2D eigenvalue weighted by Gasteiger charge is -2.05. The van der Waals surface area contributed by atoms with E-state index in [1.807, 2.05) is 0 Å². The SMILES string of the molecule is C1CC[NH2+]CC1.O=C([S-])c1ccc([N+](=O)[O-])cc1. The maximum Gasteiger partial charge on any atom is 0.269 e. The van der Waals surface area contributed by atoms with Gasteiger partial charge in [-0.1, -0.05) is 0 Å². The van der Waals surface area contributed by atoms with Gasteiger partial charge in [-0.05, 0) is 37.0 Å². The molecule has 6 heteroatoms. The fraction of sp³-hybridized carbons (Fsp3) is 0.417. The number of benzene rings is 1. The van der Waals surface area contributed by atoms with E-state index < -0.39 is 10.0 Å². The molecule has 1 fully saturated rings. The number of nitrogens with zero attached hydrogens (tertiary/aromatic N) is 1. The van der Waals surface area contributed by atoms with E-state index in [0.717, 1.165) is 0 Å². The molecule has 18 heavy (non-hydrogen) atoms. The summed E-state index contributed by atoms with van der Waals surface area (Å²) in [6.07, 6.45) is 4.36. The first-order valence-electron chi connectivity index (χ1n) is 5.88. The summed E-state index contributed by atoms with van der Waals surface area (Å²) < 4.78 is 0. The van der Waals surface area contributed by atoms with Gasteiger partial charge in [0.1, 0.15) is 0 Å². The molecule has 2 N–H and O–H groups in total. The van der Waals surface area contributed by atoms with Crippen molar-refractivity contribution in [2.45, 2.75) is 19.3 Å². The van der Waals surface area contributed by atoms with Crippen LogP contribution in [0.25, 0.3) is 0 Å². The fourth-order valence-electron chi connectivity index (χ4n) is 1.62. The van der Waals surface area contributed by atoms with Crippen LogP contribution in [0.4, 0.5) is 5.69 Å². The van der Waals surface area contributed by atoms with Gasteiger partial charge in [-0.2, -0.15) is 0 Å². The molecule has 0 amide bonds. The fourth-order valence-corrected chi connectivity index (χ4v) is 1.75. The number of nitrogens with two attached hydrogens (primary N) is 1. The van der Waals surface area contributed by atoms with Gasteiger partial charge in [0, 0.05) is 17.2 Å². The lowest BCUT2D eigenvalue weighted by molar-refractivity contribution is -0.662. The second-order valence-electron chi connectivity index (χ2n) is 4.02. The molecule has 1 aliphatic rings. The Morgan fingerprint density at radius 1 is 1.17 bits per heavy atom. The topological polar surface area (TPSA) is 76.8 Å². The van der Waals surface area contributed by atoms with Crippen LogP contribution in [0.5, 0.6) is 0 Å². The molecule has 0 atom stereocenters. The Balaban J connectivity index is 0.000000225. The molecule has 1 aromatic carbocycles. The Morgan fingerprint density at radius 2 is 1.72 bits per heavy atom. The molecule has 0 radical (unpaired) electrons. The zero-order chi connectivity index (χ0) is 13.4. The zero-order valence-electron chi connectivity index (χ0n) is 10.0. The number of non-ortho nitro benzene ring substituents is 1. The standard InChI is InChI=1S/C7H5NO3S.C5H11N/c9-7(12)5-1-3-6(4-2-5)8(10)11;1-2-4-6-5-3-1/h1-4H,(H,9,12);6H,1-5H2. The van der Waals surface area contributed by atoms with Gasteiger partial charge in [-0.15, -0.1) is 0 Å². The summed E-state index contributed by atoms with van der Waals surface area (Å²) in [5.74, 6) is 0. The Hall–Kier alpha value is -1.53. The summed E-state index contributed by atoms with van der Waals surface area (Å²) in [4.78, 5) is 20.2. The van der Waals surface area contributed by atoms with E-state index in [9.17, 15) is 14.9 Å². The van der Waals surface area contributed by atoms with Crippen LogP contribution < -0.4 is 5.32 Å². The summed E-state index contributed by atoms with van der Waals surface area (Å²) in [5.41, 5.74) is 0.255. The molecular weight excluding hydrogens is 252 g/mol. The highest BCUT2D eigenvalue weighted by Gasteiger charge is 2.03. The monoisotopic (exact) mass is 268 g/mol. The molecule has 0 saturated carbocycles. The van der Waals surface area contributed by atoms with Crippen molar-refractivity contribution in [3.63, 3.8) is 0 Å². The molecular formula is C12H16N2O3S. The predicted octanol–water partition coefficient (Wildman–Crippen LogP) is 1.02. The Morgan fingerprint density at radius 3 is 2.00 bits per heavy atom. The van der Waals surface area contributed by atoms with Gasteiger partial charge in [-0.3, -0.25) is 10.1 Å². The third kappa shape index (κ3) is 5.20. The highest BCUT2D eigenvalue weighted by atomic mass is 32.1. The van der Waals surface area contributed by atoms with E-state index >= 15 is 0 Å². The Labute approximate surface area is 111 Å². The molecule has 2 rings (SSSR count). The zero-order valence-corrected chi connectivity index (χ0v) is 10.8. The van der Waals surface area contributed by atoms with E-state index in [2.05, 4.69) is 17.9 Å². The van der Waals surface area contributed by atoms with Gasteiger partial charge in [0.25, 0.3) is 5.69 Å². The summed E-state index contributed by atoms with van der Waals surface area (Å²) >= 11 is 4.35. The van der Waals surface area contributed by atoms with Crippen molar-refractivity contribution >= 4 is 23.4 Å². The van der Waals surface area contributed by atoms with Gasteiger partial charge in [0.15, 0.2) is 0 Å². The van der Waals surface area contributed by atoms with Gasteiger partial charge in [-0.25, -0.2) is 0 Å².